The van der Waals surface area contributed by atoms with Crippen LogP contribution in [0.25, 0.3) is 11.0 Å². The van der Waals surface area contributed by atoms with E-state index in [4.69, 9.17) is 11.6 Å². The monoisotopic (exact) mass is 482 g/mol. The largest absolute Gasteiger partial charge is 0.417 e. The fraction of sp³-hybridized carbons (Fsp3) is 0.238. The van der Waals surface area contributed by atoms with Crippen LogP contribution >= 0.6 is 11.6 Å². The number of alkyl halides is 3. The van der Waals surface area contributed by atoms with Crippen molar-refractivity contribution in [2.75, 3.05) is 18.9 Å². The van der Waals surface area contributed by atoms with Crippen LogP contribution in [0.1, 0.15) is 22.8 Å². The zero-order valence-electron chi connectivity index (χ0n) is 17.4. The Kier molecular flexibility index (Phi) is 6.63. The lowest BCUT2D eigenvalue weighted by Crippen LogP contribution is -2.36. The maximum atomic E-state index is 13.0. The number of halogens is 4. The number of hydrogen-bond acceptors (Lipinski definition) is 4. The number of nitrogens with zero attached hydrogens (tertiary/aromatic N) is 2. The highest BCUT2D eigenvalue weighted by Gasteiger charge is 2.33. The highest BCUT2D eigenvalue weighted by Crippen LogP contribution is 2.36. The van der Waals surface area contributed by atoms with E-state index >= 15 is 0 Å². The summed E-state index contributed by atoms with van der Waals surface area (Å²) in [6.07, 6.45) is -4.69. The van der Waals surface area contributed by atoms with E-state index in [-0.39, 0.29) is 23.3 Å². The lowest BCUT2D eigenvalue weighted by molar-refractivity contribution is -0.137. The second-order valence-electron chi connectivity index (χ2n) is 7.14. The summed E-state index contributed by atoms with van der Waals surface area (Å²) < 4.78 is 40.2. The van der Waals surface area contributed by atoms with Gasteiger partial charge in [0.15, 0.2) is 0 Å². The molecule has 0 bridgehead atoms. The quantitative estimate of drug-likeness (QED) is 0.545. The number of fused-ring (bicyclic) bond motifs is 1. The summed E-state index contributed by atoms with van der Waals surface area (Å²) in [4.78, 5) is 52.3. The summed E-state index contributed by atoms with van der Waals surface area (Å²) in [7, 11) is 1.34. The van der Waals surface area contributed by atoms with E-state index in [1.54, 1.807) is 6.92 Å². The summed E-state index contributed by atoms with van der Waals surface area (Å²) in [5.41, 5.74) is -1.93. The predicted molar refractivity (Wildman–Crippen MR) is 117 cm³/mol. The van der Waals surface area contributed by atoms with E-state index in [0.717, 1.165) is 11.0 Å². The number of carbonyl (C=O) groups is 2. The second kappa shape index (κ2) is 9.10. The van der Waals surface area contributed by atoms with Gasteiger partial charge in [0.2, 0.25) is 5.91 Å². The number of aromatic amines is 1. The van der Waals surface area contributed by atoms with Crippen molar-refractivity contribution in [3.05, 3.63) is 73.3 Å². The van der Waals surface area contributed by atoms with Crippen LogP contribution in [-0.4, -0.2) is 39.9 Å². The molecule has 0 aliphatic carbocycles. The zero-order chi connectivity index (χ0) is 24.5. The maximum absolute atomic E-state index is 13.0. The van der Waals surface area contributed by atoms with E-state index in [2.05, 4.69) is 10.3 Å². The van der Waals surface area contributed by atoms with E-state index in [1.807, 2.05) is 0 Å². The summed E-state index contributed by atoms with van der Waals surface area (Å²) in [6, 6.07) is 7.26. The molecule has 0 spiro atoms. The van der Waals surface area contributed by atoms with Crippen LogP contribution in [0.3, 0.4) is 0 Å². The third-order valence-corrected chi connectivity index (χ3v) is 5.15. The molecule has 174 valence electrons. The SMILES string of the molecule is CCn1c(=O)c(=O)[nH]c2cc(C(=O)N(C)CC(=O)Nc3ccc(Cl)c(C(F)(F)F)c3)ccc21. The molecule has 0 aliphatic heterocycles. The molecule has 1 aromatic heterocycles. The molecule has 2 N–H and O–H groups in total. The Morgan fingerprint density at radius 3 is 2.48 bits per heavy atom. The number of rotatable bonds is 5. The number of amides is 2. The molecule has 3 aromatic rings. The Morgan fingerprint density at radius 1 is 1.15 bits per heavy atom. The van der Waals surface area contributed by atoms with E-state index in [9.17, 15) is 32.3 Å². The van der Waals surface area contributed by atoms with Crippen LogP contribution in [0.15, 0.2) is 46.0 Å². The van der Waals surface area contributed by atoms with Gasteiger partial charge >= 0.3 is 17.3 Å². The molecule has 1 heterocycles. The highest BCUT2D eigenvalue weighted by molar-refractivity contribution is 6.31. The Morgan fingerprint density at radius 2 is 1.85 bits per heavy atom. The smallest absolute Gasteiger partial charge is 0.332 e. The van der Waals surface area contributed by atoms with Gasteiger partial charge in [0.1, 0.15) is 0 Å². The van der Waals surface area contributed by atoms with Crippen LogP contribution in [0, 0.1) is 0 Å². The number of benzene rings is 2. The second-order valence-corrected chi connectivity index (χ2v) is 7.54. The summed E-state index contributed by atoms with van der Waals surface area (Å²) >= 11 is 5.56. The Labute approximate surface area is 189 Å². The molecular weight excluding hydrogens is 465 g/mol. The molecule has 2 aromatic carbocycles. The Balaban J connectivity index is 1.77. The first-order valence-electron chi connectivity index (χ1n) is 9.61. The van der Waals surface area contributed by atoms with Crippen molar-refractivity contribution in [3.63, 3.8) is 0 Å². The average Bonchev–Trinajstić information content (AvgIpc) is 2.74. The molecule has 0 saturated carbocycles. The number of nitrogens with one attached hydrogen (secondary N) is 2. The molecule has 0 saturated heterocycles. The van der Waals surface area contributed by atoms with Crippen molar-refractivity contribution in [1.29, 1.82) is 0 Å². The van der Waals surface area contributed by atoms with Crippen molar-refractivity contribution in [3.8, 4) is 0 Å². The first-order chi connectivity index (χ1) is 15.4. The third-order valence-electron chi connectivity index (χ3n) is 4.82. The molecule has 0 unspecified atom stereocenters. The van der Waals surface area contributed by atoms with Gasteiger partial charge in [-0.2, -0.15) is 13.2 Å². The molecular formula is C21H18ClF3N4O4. The number of anilines is 1. The van der Waals surface area contributed by atoms with Gasteiger partial charge in [0.25, 0.3) is 5.91 Å². The molecule has 33 heavy (non-hydrogen) atoms. The molecule has 2 amide bonds. The van der Waals surface area contributed by atoms with Crippen molar-refractivity contribution in [2.45, 2.75) is 19.6 Å². The molecule has 0 fully saturated rings. The van der Waals surface area contributed by atoms with Gasteiger partial charge < -0.3 is 19.8 Å². The number of carbonyl (C=O) groups excluding carboxylic acids is 2. The van der Waals surface area contributed by atoms with Gasteiger partial charge in [-0.15, -0.1) is 0 Å². The van der Waals surface area contributed by atoms with Crippen LogP contribution in [0.2, 0.25) is 5.02 Å². The molecule has 0 radical (unpaired) electrons. The fourth-order valence-corrected chi connectivity index (χ4v) is 3.48. The van der Waals surface area contributed by atoms with Crippen LogP contribution in [-0.2, 0) is 17.5 Å². The first kappa shape index (κ1) is 24.1. The lowest BCUT2D eigenvalue weighted by Gasteiger charge is -2.18. The molecule has 3 rings (SSSR count). The zero-order valence-corrected chi connectivity index (χ0v) is 18.2. The third kappa shape index (κ3) is 5.08. The van der Waals surface area contributed by atoms with Gasteiger partial charge in [0, 0.05) is 24.8 Å². The first-order valence-corrected chi connectivity index (χ1v) is 9.99. The maximum Gasteiger partial charge on any atom is 0.417 e. The number of aryl methyl sites for hydroxylation is 1. The fourth-order valence-electron chi connectivity index (χ4n) is 3.25. The van der Waals surface area contributed by atoms with E-state index in [1.165, 1.54) is 35.9 Å². The Hall–Kier alpha value is -3.60. The van der Waals surface area contributed by atoms with Gasteiger partial charge in [-0.05, 0) is 43.3 Å². The van der Waals surface area contributed by atoms with Crippen molar-refractivity contribution in [1.82, 2.24) is 14.5 Å². The minimum Gasteiger partial charge on any atom is -0.332 e. The van der Waals surface area contributed by atoms with Crippen LogP contribution in [0.5, 0.6) is 0 Å². The number of H-pyrrole nitrogens is 1. The minimum atomic E-state index is -4.69. The minimum absolute atomic E-state index is 0.126. The van der Waals surface area contributed by atoms with Crippen LogP contribution in [0.4, 0.5) is 18.9 Å². The highest BCUT2D eigenvalue weighted by atomic mass is 35.5. The number of likely N-dealkylation sites (N-methyl/N-ethyl adjacent to an activating group) is 1. The lowest BCUT2D eigenvalue weighted by atomic mass is 10.1. The summed E-state index contributed by atoms with van der Waals surface area (Å²) in [5.74, 6) is -1.30. The van der Waals surface area contributed by atoms with Gasteiger partial charge in [-0.3, -0.25) is 19.2 Å². The van der Waals surface area contributed by atoms with Crippen molar-refractivity contribution >= 4 is 40.1 Å². The van der Waals surface area contributed by atoms with Crippen molar-refractivity contribution in [2.24, 2.45) is 0 Å². The molecule has 0 aliphatic rings. The topological polar surface area (TPSA) is 104 Å². The van der Waals surface area contributed by atoms with Gasteiger partial charge in [0.05, 0.1) is 28.2 Å². The molecule has 0 atom stereocenters. The van der Waals surface area contributed by atoms with E-state index in [0.29, 0.717) is 11.6 Å². The molecule has 8 nitrogen and oxygen atoms in total. The van der Waals surface area contributed by atoms with Crippen molar-refractivity contribution < 1.29 is 22.8 Å². The number of aromatic nitrogens is 2. The molecule has 12 heteroatoms. The summed E-state index contributed by atoms with van der Waals surface area (Å²) in [6.45, 7) is 1.50. The summed E-state index contributed by atoms with van der Waals surface area (Å²) in [5, 5.41) is 1.80. The van der Waals surface area contributed by atoms with E-state index < -0.39 is 46.2 Å². The predicted octanol–water partition coefficient (Wildman–Crippen LogP) is 3.09. The van der Waals surface area contributed by atoms with Crippen LogP contribution < -0.4 is 16.4 Å². The average molecular weight is 483 g/mol. The van der Waals surface area contributed by atoms with Gasteiger partial charge in [-0.25, -0.2) is 0 Å². The Bertz CT molecular complexity index is 1360. The number of hydrogen-bond donors (Lipinski definition) is 2. The standard InChI is InChI=1S/C21H18ClF3N4O4/c1-3-29-16-7-4-11(8-15(16)27-18(31)20(29)33)19(32)28(2)10-17(30)26-12-5-6-14(22)13(9-12)21(23,24)25/h4-9H,3,10H2,1-2H3,(H,26,30)(H,27,31). The normalized spacial score (nSPS) is 11.5. The van der Waals surface area contributed by atoms with Gasteiger partial charge in [-0.1, -0.05) is 11.6 Å².